The average Bonchev–Trinajstić information content (AvgIpc) is 1.62. The van der Waals surface area contributed by atoms with Crippen molar-refractivity contribution in [3.63, 3.8) is 0 Å². The standard InChI is InChI=1S/C31H24N6O3.C30H24N6O3.C28H20N6O2/c1-33-27(31(39)36-16-23(38)17-36)15-20-6-5-7-22(14-20)37-18-26(28-29(32)34-19-35-30(28)37)21-10-12-25(13-11-21)40-24-8-3-2-4-9-24;1-32-26(30(38)33-14-15-37)17-20-6-5-7-22(16-20)36-18-25(27-28(31)34-19-35-29(27)36)21-10-12-24(13-11-21)39-23-8-3-2-4-9-23;1-31-24(27(30)35)15-18-6-5-7-20(14-18)34-16-23(25-26(29)32-17-33-28(25)34)19-10-12-22(13-11-19)36-21-8-3-2-4-9-21/h2-15,18-19,23,38H,16-17H2,(H2,32,34,35);2-13,16-19,37H,14-15H2,(H,33,38)(H2,31,34,35);2-17H,(H2,30,35)(H2,29,32,33)/b27-15-;26-17-;24-15-. The number of aliphatic hydroxyl groups is 2. The number of nitrogens with one attached hydrogen (secondary N) is 1. The van der Waals surface area contributed by atoms with Crippen LogP contribution in [0, 0.1) is 19.7 Å². The van der Waals surface area contributed by atoms with E-state index >= 15 is 0 Å². The molecule has 6 aromatic heterocycles. The molecule has 11 N–H and O–H groups in total. The molecule has 1 fully saturated rings. The Morgan fingerprint density at radius 1 is 0.435 bits per heavy atom. The topological polar surface area (TPSA) is 344 Å². The van der Waals surface area contributed by atoms with Crippen molar-refractivity contribution in [1.29, 1.82) is 0 Å². The molecule has 0 aliphatic carbocycles. The number of fused-ring (bicyclic) bond motifs is 3. The fourth-order valence-electron chi connectivity index (χ4n) is 12.7. The fourth-order valence-corrected chi connectivity index (χ4v) is 12.7. The first-order chi connectivity index (χ1) is 56.1. The highest BCUT2D eigenvalue weighted by Crippen LogP contribution is 2.40. The Labute approximate surface area is 658 Å². The molecule has 9 aromatic carbocycles. The normalized spacial score (nSPS) is 12.1. The summed E-state index contributed by atoms with van der Waals surface area (Å²) in [6.45, 7) is 22.4. The second-order valence-electron chi connectivity index (χ2n) is 25.8. The molecule has 0 bridgehead atoms. The number of hydrogen-bond acceptors (Lipinski definition) is 17. The Balaban J connectivity index is 0.000000143. The lowest BCUT2D eigenvalue weighted by Crippen LogP contribution is -2.53. The molecule has 26 nitrogen and oxygen atoms in total. The summed E-state index contributed by atoms with van der Waals surface area (Å²) >= 11 is 0. The van der Waals surface area contributed by atoms with E-state index in [1.54, 1.807) is 18.2 Å². The summed E-state index contributed by atoms with van der Waals surface area (Å²) in [4.78, 5) is 73.9. The predicted molar refractivity (Wildman–Crippen MR) is 441 cm³/mol. The zero-order valence-electron chi connectivity index (χ0n) is 61.1. The summed E-state index contributed by atoms with van der Waals surface area (Å²) in [6, 6.07) is 74.0. The van der Waals surface area contributed by atoms with E-state index in [1.165, 1.54) is 36.0 Å². The summed E-state index contributed by atoms with van der Waals surface area (Å²) in [6.07, 6.45) is 14.1. The van der Waals surface area contributed by atoms with Crippen molar-refractivity contribution in [3.8, 4) is 84.9 Å². The molecule has 15 aromatic rings. The largest absolute Gasteiger partial charge is 0.457 e. The lowest BCUT2D eigenvalue weighted by Gasteiger charge is -2.35. The van der Waals surface area contributed by atoms with Crippen LogP contribution in [0.15, 0.2) is 291 Å². The van der Waals surface area contributed by atoms with Gasteiger partial charge >= 0.3 is 0 Å². The number of likely N-dealkylation sites (tertiary alicyclic amines) is 1. The molecule has 16 rings (SSSR count). The molecule has 1 aliphatic rings. The lowest BCUT2D eigenvalue weighted by molar-refractivity contribution is -0.136. The Hall–Kier alpha value is -16.3. The summed E-state index contributed by atoms with van der Waals surface area (Å²) in [5.41, 5.74) is 35.5. The van der Waals surface area contributed by atoms with Crippen LogP contribution >= 0.6 is 0 Å². The van der Waals surface area contributed by atoms with Crippen LogP contribution in [-0.4, -0.2) is 109 Å². The molecular weight excluding hydrogens is 1450 g/mol. The van der Waals surface area contributed by atoms with Gasteiger partial charge in [-0.3, -0.25) is 14.4 Å². The van der Waals surface area contributed by atoms with Gasteiger partial charge in [-0.15, -0.1) is 0 Å². The van der Waals surface area contributed by atoms with E-state index in [1.807, 2.05) is 257 Å². The van der Waals surface area contributed by atoms with E-state index in [9.17, 15) is 19.5 Å². The number of carbonyl (C=O) groups is 3. The number of para-hydroxylation sites is 3. The quantitative estimate of drug-likeness (QED) is 0.0275. The zero-order valence-corrected chi connectivity index (χ0v) is 61.1. The van der Waals surface area contributed by atoms with E-state index in [-0.39, 0.29) is 49.2 Å². The number of nitrogens with zero attached hydrogens (tertiary/aromatic N) is 13. The number of nitrogen functional groups attached to an aromatic ring is 3. The highest BCUT2D eigenvalue weighted by Gasteiger charge is 2.31. The van der Waals surface area contributed by atoms with E-state index < -0.39 is 17.9 Å². The van der Waals surface area contributed by atoms with Crippen molar-refractivity contribution in [2.75, 3.05) is 43.4 Å². The van der Waals surface area contributed by atoms with E-state index in [0.29, 0.717) is 84.5 Å². The number of aromatic nitrogens is 9. The smallest absolute Gasteiger partial charge is 0.253 e. The van der Waals surface area contributed by atoms with Gasteiger partial charge in [0.15, 0.2) is 16.9 Å². The van der Waals surface area contributed by atoms with Gasteiger partial charge in [0.2, 0.25) is 17.5 Å². The molecule has 0 spiro atoms. The third kappa shape index (κ3) is 17.2. The summed E-state index contributed by atoms with van der Waals surface area (Å²) in [5, 5.41) is 23.1. The van der Waals surface area contributed by atoms with E-state index in [4.69, 9.17) is 62.0 Å². The monoisotopic (exact) mass is 1520 g/mol. The lowest BCUT2D eigenvalue weighted by atomic mass is 10.1. The van der Waals surface area contributed by atoms with Crippen molar-refractivity contribution >= 4 is 86.5 Å². The number of carbonyl (C=O) groups excluding carboxylic acids is 3. The molecule has 1 aliphatic heterocycles. The van der Waals surface area contributed by atoms with Crippen molar-refractivity contribution in [1.82, 2.24) is 53.8 Å². The molecule has 0 radical (unpaired) electrons. The fraction of sp³-hybridized carbons (Fsp3) is 0.0562. The van der Waals surface area contributed by atoms with Crippen molar-refractivity contribution < 1.29 is 38.8 Å². The third-order valence-corrected chi connectivity index (χ3v) is 18.2. The van der Waals surface area contributed by atoms with Gasteiger partial charge in [-0.25, -0.2) is 44.4 Å². The van der Waals surface area contributed by atoms with Gasteiger partial charge in [-0.05, 0) is 161 Å². The number of nitrogens with two attached hydrogens (primary N) is 4. The first kappa shape index (κ1) is 75.5. The average molecular weight is 1520 g/mol. The summed E-state index contributed by atoms with van der Waals surface area (Å²) < 4.78 is 23.5. The number of ether oxygens (including phenoxy) is 3. The third-order valence-electron chi connectivity index (χ3n) is 18.2. The molecule has 0 saturated carbocycles. The number of hydrogen-bond donors (Lipinski definition) is 7. The van der Waals surface area contributed by atoms with E-state index in [2.05, 4.69) is 49.8 Å². The highest BCUT2D eigenvalue weighted by molar-refractivity contribution is 6.05. The maximum atomic E-state index is 12.6. The van der Waals surface area contributed by atoms with Gasteiger partial charge in [0, 0.05) is 72.0 Å². The van der Waals surface area contributed by atoms with Crippen LogP contribution in [0.3, 0.4) is 0 Å². The van der Waals surface area contributed by atoms with Gasteiger partial charge < -0.3 is 71.3 Å². The van der Waals surface area contributed by atoms with Crippen LogP contribution < -0.4 is 42.5 Å². The van der Waals surface area contributed by atoms with Crippen LogP contribution in [0.4, 0.5) is 17.5 Å². The van der Waals surface area contributed by atoms with Crippen molar-refractivity contribution in [2.45, 2.75) is 6.10 Å². The second-order valence-corrected chi connectivity index (χ2v) is 25.8. The number of β-amino-alcohol motifs (C(OH)–C–C–N with tert-alkyl or cyclic N) is 1. The van der Waals surface area contributed by atoms with Gasteiger partial charge in [-0.1, -0.05) is 127 Å². The van der Waals surface area contributed by atoms with Crippen molar-refractivity contribution in [3.05, 3.63) is 342 Å². The molecule has 7 heterocycles. The molecule has 115 heavy (non-hydrogen) atoms. The molecule has 3 amide bonds. The number of amides is 3. The van der Waals surface area contributed by atoms with Crippen molar-refractivity contribution in [2.24, 2.45) is 5.73 Å². The first-order valence-electron chi connectivity index (χ1n) is 35.7. The SMILES string of the molecule is [C-]#[N+]/C(=C\c1cccc(-n2cc(-c3ccc(Oc4ccccc4)cc3)c3c(N)ncnc32)c1)C(=O)N1CC(O)C1.[C-]#[N+]/C(=C\c1cccc(-n2cc(-c3ccc(Oc4ccccc4)cc3)c3c(N)ncnc32)c1)C(=O)NCCO.[C-]#[N+]/C(=C\c1cccc(-n2cc(-c3ccc(Oc4ccccc4)cc3)c3c(N)ncnc32)c1)C(N)=O. The van der Waals surface area contributed by atoms with Crippen LogP contribution in [0.25, 0.3) is 116 Å². The second kappa shape index (κ2) is 34.5. The number of primary amides is 1. The summed E-state index contributed by atoms with van der Waals surface area (Å²) in [5.74, 6) is 3.75. The minimum atomic E-state index is -0.774. The predicted octanol–water partition coefficient (Wildman–Crippen LogP) is 15.0. The number of benzene rings is 9. The zero-order chi connectivity index (χ0) is 79.9. The van der Waals surface area contributed by atoms with Gasteiger partial charge in [-0.2, -0.15) is 0 Å². The summed E-state index contributed by atoms with van der Waals surface area (Å²) in [7, 11) is 0. The maximum Gasteiger partial charge on any atom is 0.253 e. The Morgan fingerprint density at radius 3 is 1.07 bits per heavy atom. The highest BCUT2D eigenvalue weighted by atomic mass is 16.5. The van der Waals surface area contributed by atoms with Crippen LogP contribution in [0.2, 0.25) is 0 Å². The Morgan fingerprint density at radius 2 is 0.757 bits per heavy atom. The molecule has 0 atom stereocenters. The first-order valence-corrected chi connectivity index (χ1v) is 35.7. The molecular formula is C89H68N18O8. The maximum absolute atomic E-state index is 12.6. The van der Waals surface area contributed by atoms with Gasteiger partial charge in [0.25, 0.3) is 17.3 Å². The number of rotatable bonds is 20. The van der Waals surface area contributed by atoms with E-state index in [0.717, 1.165) is 67.7 Å². The Bertz CT molecular complexity index is 6360. The molecule has 562 valence electrons. The minimum Gasteiger partial charge on any atom is -0.457 e. The number of anilines is 3. The van der Waals surface area contributed by atoms with Crippen LogP contribution in [0.5, 0.6) is 34.5 Å². The van der Waals surface area contributed by atoms with Gasteiger partial charge in [0.05, 0.1) is 48.6 Å². The molecule has 0 unspecified atom stereocenters. The van der Waals surface area contributed by atoms with Crippen LogP contribution in [0.1, 0.15) is 16.7 Å². The van der Waals surface area contributed by atoms with Crippen LogP contribution in [-0.2, 0) is 14.4 Å². The van der Waals surface area contributed by atoms with Gasteiger partial charge in [0.1, 0.15) is 70.9 Å². The minimum absolute atomic E-state index is 0.00789. The molecule has 26 heteroatoms. The number of aliphatic hydroxyl groups excluding tert-OH is 2. The Kier molecular flexibility index (Phi) is 22.6. The molecule has 1 saturated heterocycles.